The number of aliphatic hydroxyl groups is 1. The third-order valence-electron chi connectivity index (χ3n) is 4.56. The second-order valence-corrected chi connectivity index (χ2v) is 6.35. The molecule has 1 aliphatic heterocycles. The molecular weight excluding hydrogens is 319 g/mol. The number of aryl methyl sites for hydroxylation is 1. The molecule has 1 fully saturated rings. The lowest BCUT2D eigenvalue weighted by atomic mass is 9.90. The molecule has 1 N–H and O–H groups in total. The van der Waals surface area contributed by atoms with E-state index in [0.717, 1.165) is 16.8 Å². The molecule has 4 nitrogen and oxygen atoms in total. The van der Waals surface area contributed by atoms with Gasteiger partial charge in [-0.25, -0.2) is 0 Å². The Labute approximate surface area is 138 Å². The van der Waals surface area contributed by atoms with E-state index in [9.17, 15) is 18.3 Å². The Kier molecular flexibility index (Phi) is 4.40. The average Bonchev–Trinajstić information content (AvgIpc) is 2.90. The summed E-state index contributed by atoms with van der Waals surface area (Å²) in [5, 5.41) is 14.2. The van der Waals surface area contributed by atoms with Crippen LogP contribution in [0.2, 0.25) is 0 Å². The van der Waals surface area contributed by atoms with Gasteiger partial charge in [0.1, 0.15) is 0 Å². The summed E-state index contributed by atoms with van der Waals surface area (Å²) in [5.41, 5.74) is 0.244. The normalized spacial score (nSPS) is 18.7. The van der Waals surface area contributed by atoms with Gasteiger partial charge in [0.25, 0.3) is 0 Å². The van der Waals surface area contributed by atoms with Crippen molar-refractivity contribution in [3.8, 4) is 11.3 Å². The van der Waals surface area contributed by atoms with Gasteiger partial charge in [-0.1, -0.05) is 30.3 Å². The van der Waals surface area contributed by atoms with Gasteiger partial charge >= 0.3 is 6.18 Å². The number of rotatable bonds is 3. The minimum absolute atomic E-state index is 0.207. The summed E-state index contributed by atoms with van der Waals surface area (Å²) in [7, 11) is 1.83. The van der Waals surface area contributed by atoms with Crippen LogP contribution < -0.4 is 0 Å². The molecule has 24 heavy (non-hydrogen) atoms. The predicted molar refractivity (Wildman–Crippen MR) is 84.2 cm³/mol. The molecule has 1 saturated heterocycles. The molecule has 2 aromatic rings. The van der Waals surface area contributed by atoms with Crippen LogP contribution in [0.25, 0.3) is 11.3 Å². The van der Waals surface area contributed by atoms with E-state index < -0.39 is 11.8 Å². The number of benzene rings is 1. The van der Waals surface area contributed by atoms with Crippen molar-refractivity contribution >= 4 is 0 Å². The maximum atomic E-state index is 12.9. The van der Waals surface area contributed by atoms with Crippen molar-refractivity contribution in [3.63, 3.8) is 0 Å². The van der Waals surface area contributed by atoms with E-state index in [1.54, 1.807) is 4.68 Å². The fraction of sp³-hybridized carbons (Fsp3) is 0.471. The molecule has 0 spiro atoms. The maximum absolute atomic E-state index is 12.9. The molecule has 0 saturated carbocycles. The maximum Gasteiger partial charge on any atom is 0.417 e. The van der Waals surface area contributed by atoms with Crippen LogP contribution in [0.3, 0.4) is 0 Å². The van der Waals surface area contributed by atoms with Gasteiger partial charge in [0.05, 0.1) is 5.69 Å². The zero-order valence-electron chi connectivity index (χ0n) is 13.4. The molecular formula is C17H20F3N3O. The highest BCUT2D eigenvalue weighted by Gasteiger charge is 2.54. The largest absolute Gasteiger partial charge is 0.417 e. The standard InChI is InChI=1S/C17H20F3N3O/c1-22-11-14(15(21-22)13-5-3-2-4-6-13)12-23-9-7-16(24,8-10-23)17(18,19)20/h2-6,11,24H,7-10,12H2,1H3. The summed E-state index contributed by atoms with van der Waals surface area (Å²) in [6, 6.07) is 9.71. The van der Waals surface area contributed by atoms with Crippen LogP contribution in [0.1, 0.15) is 18.4 Å². The highest BCUT2D eigenvalue weighted by Crippen LogP contribution is 2.38. The Bertz CT molecular complexity index is 689. The topological polar surface area (TPSA) is 41.3 Å². The molecule has 0 amide bonds. The first kappa shape index (κ1) is 17.0. The Morgan fingerprint density at radius 2 is 1.79 bits per heavy atom. The van der Waals surface area contributed by atoms with Crippen molar-refractivity contribution in [2.45, 2.75) is 31.2 Å². The zero-order valence-corrected chi connectivity index (χ0v) is 13.4. The fourth-order valence-electron chi connectivity index (χ4n) is 3.10. The number of alkyl halides is 3. The monoisotopic (exact) mass is 339 g/mol. The zero-order chi connectivity index (χ0) is 17.4. The molecule has 130 valence electrons. The highest BCUT2D eigenvalue weighted by molar-refractivity contribution is 5.62. The van der Waals surface area contributed by atoms with Crippen LogP contribution in [0.4, 0.5) is 13.2 Å². The van der Waals surface area contributed by atoms with E-state index in [4.69, 9.17) is 0 Å². The predicted octanol–water partition coefficient (Wildman–Crippen LogP) is 2.98. The Balaban J connectivity index is 1.73. The van der Waals surface area contributed by atoms with Gasteiger partial charge in [0.2, 0.25) is 0 Å². The fourth-order valence-corrected chi connectivity index (χ4v) is 3.10. The Hall–Kier alpha value is -1.86. The van der Waals surface area contributed by atoms with E-state index >= 15 is 0 Å². The molecule has 0 aliphatic carbocycles. The number of halogens is 3. The van der Waals surface area contributed by atoms with Crippen molar-refractivity contribution in [1.82, 2.24) is 14.7 Å². The summed E-state index contributed by atoms with van der Waals surface area (Å²) in [4.78, 5) is 1.93. The SMILES string of the molecule is Cn1cc(CN2CCC(O)(C(F)(F)F)CC2)c(-c2ccccc2)n1. The number of hydrogen-bond donors (Lipinski definition) is 1. The smallest absolute Gasteiger partial charge is 0.380 e. The van der Waals surface area contributed by atoms with Gasteiger partial charge in [-0.3, -0.25) is 9.58 Å². The first-order chi connectivity index (χ1) is 11.3. The van der Waals surface area contributed by atoms with Gasteiger partial charge in [-0.15, -0.1) is 0 Å². The van der Waals surface area contributed by atoms with Crippen LogP contribution in [0.5, 0.6) is 0 Å². The minimum Gasteiger partial charge on any atom is -0.380 e. The van der Waals surface area contributed by atoms with Crippen molar-refractivity contribution in [2.75, 3.05) is 13.1 Å². The third-order valence-corrected chi connectivity index (χ3v) is 4.56. The molecule has 1 aliphatic rings. The van der Waals surface area contributed by atoms with Crippen molar-refractivity contribution in [3.05, 3.63) is 42.1 Å². The average molecular weight is 339 g/mol. The van der Waals surface area contributed by atoms with Crippen LogP contribution in [0.15, 0.2) is 36.5 Å². The first-order valence-electron chi connectivity index (χ1n) is 7.88. The third kappa shape index (κ3) is 3.32. The summed E-state index contributed by atoms with van der Waals surface area (Å²) in [6.45, 7) is 0.935. The summed E-state index contributed by atoms with van der Waals surface area (Å²) in [5.74, 6) is 0. The highest BCUT2D eigenvalue weighted by atomic mass is 19.4. The molecule has 3 rings (SSSR count). The van der Waals surface area contributed by atoms with Crippen LogP contribution in [-0.4, -0.2) is 44.7 Å². The minimum atomic E-state index is -4.57. The summed E-state index contributed by atoms with van der Waals surface area (Å²) >= 11 is 0. The number of hydrogen-bond acceptors (Lipinski definition) is 3. The number of nitrogens with zero attached hydrogens (tertiary/aromatic N) is 3. The van der Waals surface area contributed by atoms with E-state index in [1.165, 1.54) is 0 Å². The van der Waals surface area contributed by atoms with Crippen molar-refractivity contribution < 1.29 is 18.3 Å². The number of piperidine rings is 1. The summed E-state index contributed by atoms with van der Waals surface area (Å²) < 4.78 is 40.4. The molecule has 0 atom stereocenters. The first-order valence-corrected chi connectivity index (χ1v) is 7.88. The van der Waals surface area contributed by atoms with E-state index in [1.807, 2.05) is 48.5 Å². The molecule has 1 aromatic carbocycles. The summed E-state index contributed by atoms with van der Waals surface area (Å²) in [6.07, 6.45) is -3.26. The second kappa shape index (κ2) is 6.22. The van der Waals surface area contributed by atoms with Crippen LogP contribution >= 0.6 is 0 Å². The van der Waals surface area contributed by atoms with Gasteiger partial charge in [0, 0.05) is 44.0 Å². The van der Waals surface area contributed by atoms with E-state index in [-0.39, 0.29) is 25.9 Å². The lowest BCUT2D eigenvalue weighted by Gasteiger charge is -2.39. The second-order valence-electron chi connectivity index (χ2n) is 6.35. The lowest BCUT2D eigenvalue weighted by Crippen LogP contribution is -2.53. The van der Waals surface area contributed by atoms with Gasteiger partial charge in [-0.2, -0.15) is 18.3 Å². The van der Waals surface area contributed by atoms with Gasteiger partial charge < -0.3 is 5.11 Å². The Morgan fingerprint density at radius 3 is 2.38 bits per heavy atom. The van der Waals surface area contributed by atoms with Crippen molar-refractivity contribution in [2.24, 2.45) is 7.05 Å². The molecule has 0 unspecified atom stereocenters. The Morgan fingerprint density at radius 1 is 1.17 bits per heavy atom. The number of aromatic nitrogens is 2. The molecule has 0 radical (unpaired) electrons. The number of likely N-dealkylation sites (tertiary alicyclic amines) is 1. The van der Waals surface area contributed by atoms with Gasteiger partial charge in [0.15, 0.2) is 5.60 Å². The molecule has 1 aromatic heterocycles. The molecule has 2 heterocycles. The van der Waals surface area contributed by atoms with Crippen molar-refractivity contribution in [1.29, 1.82) is 0 Å². The van der Waals surface area contributed by atoms with E-state index in [0.29, 0.717) is 6.54 Å². The van der Waals surface area contributed by atoms with E-state index in [2.05, 4.69) is 5.10 Å². The quantitative estimate of drug-likeness (QED) is 0.935. The molecule has 0 bridgehead atoms. The lowest BCUT2D eigenvalue weighted by molar-refractivity contribution is -0.272. The van der Waals surface area contributed by atoms with Gasteiger partial charge in [-0.05, 0) is 12.8 Å². The van der Waals surface area contributed by atoms with Crippen LogP contribution in [0, 0.1) is 0 Å². The van der Waals surface area contributed by atoms with Crippen LogP contribution in [-0.2, 0) is 13.6 Å². The molecule has 7 heteroatoms.